The zero-order valence-electron chi connectivity index (χ0n) is 13.8. The van der Waals surface area contributed by atoms with Crippen LogP contribution >= 0.6 is 22.7 Å². The fraction of sp³-hybridized carbons (Fsp3) is 0.211. The van der Waals surface area contributed by atoms with Gasteiger partial charge in [-0.3, -0.25) is 4.79 Å². The summed E-state index contributed by atoms with van der Waals surface area (Å²) >= 11 is 3.21. The number of ether oxygens (including phenoxy) is 1. The monoisotopic (exact) mass is 373 g/mol. The lowest BCUT2D eigenvalue weighted by atomic mass is 10.2. The van der Waals surface area contributed by atoms with Crippen LogP contribution in [0.25, 0.3) is 9.75 Å². The molecular weight excluding hydrogens is 354 g/mol. The molecule has 2 aromatic heterocycles. The van der Waals surface area contributed by atoms with Crippen LogP contribution in [0, 0.1) is 6.92 Å². The Morgan fingerprint density at radius 2 is 2.00 bits per heavy atom. The van der Waals surface area contributed by atoms with Crippen molar-refractivity contribution in [3.05, 3.63) is 64.4 Å². The Bertz CT molecular complexity index is 827. The van der Waals surface area contributed by atoms with E-state index in [0.717, 1.165) is 15.3 Å². The Balaban J connectivity index is 1.48. The number of amides is 1. The molecule has 3 aromatic rings. The van der Waals surface area contributed by atoms with E-state index < -0.39 is 6.10 Å². The third-order valence-corrected chi connectivity index (χ3v) is 5.92. The zero-order chi connectivity index (χ0) is 17.6. The molecule has 2 heterocycles. The number of para-hydroxylation sites is 1. The molecule has 0 aliphatic heterocycles. The summed E-state index contributed by atoms with van der Waals surface area (Å²) in [6.07, 6.45) is -0.721. The average molecular weight is 373 g/mol. The number of benzene rings is 1. The number of rotatable bonds is 7. The fourth-order valence-electron chi connectivity index (χ4n) is 2.31. The van der Waals surface area contributed by atoms with Crippen LogP contribution in [-0.2, 0) is 4.79 Å². The van der Waals surface area contributed by atoms with Crippen molar-refractivity contribution in [1.29, 1.82) is 0 Å². The van der Waals surface area contributed by atoms with Crippen LogP contribution in [0.1, 0.15) is 16.5 Å². The molecule has 1 unspecified atom stereocenters. The highest BCUT2D eigenvalue weighted by Gasteiger charge is 2.13. The molecule has 0 saturated carbocycles. The van der Waals surface area contributed by atoms with Gasteiger partial charge in [0.15, 0.2) is 6.61 Å². The van der Waals surface area contributed by atoms with Crippen molar-refractivity contribution in [1.82, 2.24) is 5.32 Å². The predicted molar refractivity (Wildman–Crippen MR) is 102 cm³/mol. The van der Waals surface area contributed by atoms with Crippen LogP contribution in [0.3, 0.4) is 0 Å². The maximum Gasteiger partial charge on any atom is 0.258 e. The minimum atomic E-state index is -0.721. The van der Waals surface area contributed by atoms with E-state index in [1.54, 1.807) is 22.7 Å². The molecule has 3 rings (SSSR count). The molecule has 4 nitrogen and oxygen atoms in total. The summed E-state index contributed by atoms with van der Waals surface area (Å²) in [5.74, 6) is 0.439. The topological polar surface area (TPSA) is 58.6 Å². The largest absolute Gasteiger partial charge is 0.484 e. The Kier molecular flexibility index (Phi) is 5.86. The van der Waals surface area contributed by atoms with E-state index in [1.807, 2.05) is 54.8 Å². The Morgan fingerprint density at radius 1 is 1.16 bits per heavy atom. The van der Waals surface area contributed by atoms with E-state index in [9.17, 15) is 9.90 Å². The lowest BCUT2D eigenvalue weighted by Crippen LogP contribution is -2.32. The number of aliphatic hydroxyl groups excluding tert-OH is 1. The fourth-order valence-corrected chi connectivity index (χ4v) is 4.14. The van der Waals surface area contributed by atoms with Crippen molar-refractivity contribution in [3.63, 3.8) is 0 Å². The van der Waals surface area contributed by atoms with Crippen molar-refractivity contribution in [3.8, 4) is 15.5 Å². The summed E-state index contributed by atoms with van der Waals surface area (Å²) in [5.41, 5.74) is 0.982. The van der Waals surface area contributed by atoms with Gasteiger partial charge in [0.05, 0.1) is 0 Å². The summed E-state index contributed by atoms with van der Waals surface area (Å²) in [6, 6.07) is 15.5. The number of nitrogens with one attached hydrogen (secondary N) is 1. The van der Waals surface area contributed by atoms with Gasteiger partial charge >= 0.3 is 0 Å². The van der Waals surface area contributed by atoms with Crippen LogP contribution in [-0.4, -0.2) is 24.2 Å². The summed E-state index contributed by atoms with van der Waals surface area (Å²) in [5, 5.41) is 15.0. The third kappa shape index (κ3) is 4.69. The Hall–Kier alpha value is -2.15. The van der Waals surface area contributed by atoms with Gasteiger partial charge < -0.3 is 15.2 Å². The van der Waals surface area contributed by atoms with Crippen molar-refractivity contribution < 1.29 is 14.6 Å². The number of carbonyl (C=O) groups excluding carboxylic acids is 1. The number of hydrogen-bond donors (Lipinski definition) is 2. The van der Waals surface area contributed by atoms with E-state index in [4.69, 9.17) is 4.74 Å². The van der Waals surface area contributed by atoms with Gasteiger partial charge in [0.25, 0.3) is 5.91 Å². The van der Waals surface area contributed by atoms with Crippen LogP contribution in [0.5, 0.6) is 5.75 Å². The molecular formula is C19H19NO3S2. The van der Waals surface area contributed by atoms with E-state index in [-0.39, 0.29) is 19.1 Å². The maximum absolute atomic E-state index is 11.9. The highest BCUT2D eigenvalue weighted by Crippen LogP contribution is 2.33. The first kappa shape index (κ1) is 17.7. The minimum Gasteiger partial charge on any atom is -0.484 e. The minimum absolute atomic E-state index is 0.0670. The first-order valence-corrected chi connectivity index (χ1v) is 9.60. The molecule has 0 aliphatic carbocycles. The lowest BCUT2D eigenvalue weighted by molar-refractivity contribution is -0.123. The number of aryl methyl sites for hydroxylation is 1. The standard InChI is InChI=1S/C19H19NO3S2/c1-13-5-2-3-6-15(13)23-12-19(22)20-11-14(21)16-8-9-18(25-16)17-7-4-10-24-17/h2-10,14,21H,11-12H2,1H3,(H,20,22). The molecule has 130 valence electrons. The molecule has 0 spiro atoms. The second kappa shape index (κ2) is 8.29. The number of hydrogen-bond acceptors (Lipinski definition) is 5. The first-order valence-electron chi connectivity index (χ1n) is 7.90. The van der Waals surface area contributed by atoms with Crippen LogP contribution < -0.4 is 10.1 Å². The third-order valence-electron chi connectivity index (χ3n) is 3.66. The van der Waals surface area contributed by atoms with Gasteiger partial charge in [0.1, 0.15) is 11.9 Å². The second-order valence-electron chi connectivity index (χ2n) is 5.55. The van der Waals surface area contributed by atoms with Crippen molar-refractivity contribution in [2.45, 2.75) is 13.0 Å². The van der Waals surface area contributed by atoms with E-state index in [1.165, 1.54) is 4.88 Å². The highest BCUT2D eigenvalue weighted by molar-refractivity contribution is 7.21. The van der Waals surface area contributed by atoms with Crippen LogP contribution in [0.2, 0.25) is 0 Å². The highest BCUT2D eigenvalue weighted by atomic mass is 32.1. The number of carbonyl (C=O) groups is 1. The molecule has 1 amide bonds. The van der Waals surface area contributed by atoms with Gasteiger partial charge in [-0.05, 0) is 42.1 Å². The zero-order valence-corrected chi connectivity index (χ0v) is 15.4. The number of aliphatic hydroxyl groups is 1. The first-order chi connectivity index (χ1) is 12.1. The molecule has 0 fully saturated rings. The molecule has 6 heteroatoms. The summed E-state index contributed by atoms with van der Waals surface area (Å²) < 4.78 is 5.50. The second-order valence-corrected chi connectivity index (χ2v) is 7.62. The molecule has 2 N–H and O–H groups in total. The summed E-state index contributed by atoms with van der Waals surface area (Å²) in [7, 11) is 0. The van der Waals surface area contributed by atoms with E-state index in [2.05, 4.69) is 11.4 Å². The quantitative estimate of drug-likeness (QED) is 0.658. The Labute approximate surface area is 154 Å². The Morgan fingerprint density at radius 3 is 2.76 bits per heavy atom. The molecule has 1 aromatic carbocycles. The van der Waals surface area contributed by atoms with Crippen LogP contribution in [0.4, 0.5) is 0 Å². The molecule has 0 aliphatic rings. The van der Waals surface area contributed by atoms with Gasteiger partial charge in [-0.25, -0.2) is 0 Å². The van der Waals surface area contributed by atoms with Crippen molar-refractivity contribution in [2.24, 2.45) is 0 Å². The van der Waals surface area contributed by atoms with Gasteiger partial charge in [-0.1, -0.05) is 24.3 Å². The van der Waals surface area contributed by atoms with Gasteiger partial charge in [-0.2, -0.15) is 0 Å². The van der Waals surface area contributed by atoms with Gasteiger partial charge in [0, 0.05) is 21.2 Å². The lowest BCUT2D eigenvalue weighted by Gasteiger charge is -2.12. The summed E-state index contributed by atoms with van der Waals surface area (Å²) in [6.45, 7) is 2.03. The molecule has 0 bridgehead atoms. The van der Waals surface area contributed by atoms with Crippen LogP contribution in [0.15, 0.2) is 53.9 Å². The van der Waals surface area contributed by atoms with Crippen molar-refractivity contribution in [2.75, 3.05) is 13.2 Å². The van der Waals surface area contributed by atoms with Gasteiger partial charge in [0.2, 0.25) is 0 Å². The molecule has 0 radical (unpaired) electrons. The smallest absolute Gasteiger partial charge is 0.258 e. The predicted octanol–water partition coefficient (Wildman–Crippen LogP) is 4.01. The van der Waals surface area contributed by atoms with E-state index >= 15 is 0 Å². The molecule has 25 heavy (non-hydrogen) atoms. The average Bonchev–Trinajstić information content (AvgIpc) is 3.30. The number of thiophene rings is 2. The van der Waals surface area contributed by atoms with E-state index in [0.29, 0.717) is 5.75 Å². The van der Waals surface area contributed by atoms with Gasteiger partial charge in [-0.15, -0.1) is 22.7 Å². The molecule has 1 atom stereocenters. The summed E-state index contributed by atoms with van der Waals surface area (Å²) in [4.78, 5) is 15.1. The SMILES string of the molecule is Cc1ccccc1OCC(=O)NCC(O)c1ccc(-c2cccs2)s1. The maximum atomic E-state index is 11.9. The van der Waals surface area contributed by atoms with Crippen molar-refractivity contribution >= 4 is 28.6 Å². The molecule has 0 saturated heterocycles. The normalized spacial score (nSPS) is 11.9.